The lowest BCUT2D eigenvalue weighted by Gasteiger charge is -2.26. The van der Waals surface area contributed by atoms with Crippen molar-refractivity contribution in [3.05, 3.63) is 83.9 Å². The van der Waals surface area contributed by atoms with Crippen LogP contribution in [0.2, 0.25) is 0 Å². The Labute approximate surface area is 188 Å². The van der Waals surface area contributed by atoms with Gasteiger partial charge in [-0.1, -0.05) is 18.2 Å². The maximum atomic E-state index is 11.8. The lowest BCUT2D eigenvalue weighted by atomic mass is 9.92. The average Bonchev–Trinajstić information content (AvgIpc) is 2.75. The van der Waals surface area contributed by atoms with Crippen molar-refractivity contribution in [3.63, 3.8) is 0 Å². The molecular formula is C25H26N4O2S. The highest BCUT2D eigenvalue weighted by Gasteiger charge is 2.18. The maximum absolute atomic E-state index is 11.8. The van der Waals surface area contributed by atoms with Crippen LogP contribution in [0.25, 0.3) is 16.8 Å². The van der Waals surface area contributed by atoms with Gasteiger partial charge >= 0.3 is 0 Å². The first-order valence-electron chi connectivity index (χ1n) is 10.6. The van der Waals surface area contributed by atoms with E-state index in [1.165, 1.54) is 12.7 Å². The average molecular weight is 447 g/mol. The number of hydrogen-bond acceptors (Lipinski definition) is 6. The molecule has 0 radical (unpaired) electrons. The molecule has 1 aliphatic carbocycles. The number of sulfone groups is 1. The number of rotatable bonds is 7. The Kier molecular flexibility index (Phi) is 6.19. The van der Waals surface area contributed by atoms with Gasteiger partial charge in [-0.25, -0.2) is 8.42 Å². The molecule has 4 rings (SSSR count). The number of nitrogens with zero attached hydrogens (tertiary/aromatic N) is 2. The van der Waals surface area contributed by atoms with Crippen LogP contribution in [0, 0.1) is 12.3 Å². The first kappa shape index (κ1) is 21.9. The molecule has 0 spiro atoms. The number of nitrogens with one attached hydrogen (secondary N) is 2. The van der Waals surface area contributed by atoms with Crippen LogP contribution in [-0.2, 0) is 9.84 Å². The van der Waals surface area contributed by atoms with Crippen molar-refractivity contribution < 1.29 is 8.42 Å². The molecule has 2 N–H and O–H groups in total. The normalized spacial score (nSPS) is 14.6. The Balaban J connectivity index is 1.70. The van der Waals surface area contributed by atoms with Gasteiger partial charge in [-0.2, -0.15) is 0 Å². The molecule has 1 aliphatic rings. The third-order valence-electron chi connectivity index (χ3n) is 5.63. The molecule has 1 fully saturated rings. The van der Waals surface area contributed by atoms with Gasteiger partial charge in [0.15, 0.2) is 9.84 Å². The van der Waals surface area contributed by atoms with Gasteiger partial charge in [-0.15, -0.1) is 0 Å². The van der Waals surface area contributed by atoms with Gasteiger partial charge in [-0.3, -0.25) is 15.4 Å². The molecule has 6 nitrogen and oxygen atoms in total. The van der Waals surface area contributed by atoms with Crippen LogP contribution >= 0.6 is 0 Å². The molecule has 0 aliphatic heterocycles. The van der Waals surface area contributed by atoms with Crippen molar-refractivity contribution in [2.75, 3.05) is 6.26 Å². The summed E-state index contributed by atoms with van der Waals surface area (Å²) in [4.78, 5) is 9.27. The first-order chi connectivity index (χ1) is 15.3. The summed E-state index contributed by atoms with van der Waals surface area (Å²) >= 11 is 0. The summed E-state index contributed by atoms with van der Waals surface area (Å²) < 4.78 is 23.5. The van der Waals surface area contributed by atoms with Gasteiger partial charge in [0.1, 0.15) is 0 Å². The molecule has 3 aromatic rings. The Bertz CT molecular complexity index is 1280. The summed E-state index contributed by atoms with van der Waals surface area (Å²) in [6.07, 6.45) is 8.31. The van der Waals surface area contributed by atoms with Crippen molar-refractivity contribution in [1.29, 1.82) is 5.41 Å². The fourth-order valence-electron chi connectivity index (χ4n) is 3.53. The minimum absolute atomic E-state index is 0.273. The quantitative estimate of drug-likeness (QED) is 0.524. The van der Waals surface area contributed by atoms with Crippen LogP contribution in [0.15, 0.2) is 71.9 Å². The molecule has 32 heavy (non-hydrogen) atoms. The van der Waals surface area contributed by atoms with Crippen molar-refractivity contribution in [2.45, 2.75) is 37.1 Å². The molecule has 1 saturated carbocycles. The first-order valence-corrected chi connectivity index (χ1v) is 12.5. The summed E-state index contributed by atoms with van der Waals surface area (Å²) in [6.45, 7) is 1.91. The SMILES string of the molecule is Cc1cccc(C(=N)/C(=C\NC2CCC2)c2ccnc(-c3ccc(S(C)(=O)=O)cc3)c2)n1. The Morgan fingerprint density at radius 1 is 1.12 bits per heavy atom. The molecule has 0 saturated heterocycles. The standard InChI is InChI=1S/C25H26N4O2S/c1-17-5-3-8-23(29-17)25(26)22(16-28-20-6-4-7-20)19-13-14-27-24(15-19)18-9-11-21(12-10-18)32(2,30)31/h3,5,8-16,20,26,28H,4,6-7H2,1-2H3/b22-16-,26-25?. The maximum Gasteiger partial charge on any atom is 0.175 e. The molecule has 0 amide bonds. The number of aryl methyl sites for hydroxylation is 1. The molecule has 0 atom stereocenters. The summed E-state index contributed by atoms with van der Waals surface area (Å²) in [5.74, 6) is 0. The van der Waals surface area contributed by atoms with E-state index >= 15 is 0 Å². The van der Waals surface area contributed by atoms with Crippen LogP contribution in [0.1, 0.15) is 36.2 Å². The second-order valence-corrected chi connectivity index (χ2v) is 10.1. The number of benzene rings is 1. The van der Waals surface area contributed by atoms with Crippen LogP contribution in [0.5, 0.6) is 0 Å². The molecule has 7 heteroatoms. The number of hydrogen-bond donors (Lipinski definition) is 2. The smallest absolute Gasteiger partial charge is 0.175 e. The molecular weight excluding hydrogens is 420 g/mol. The lowest BCUT2D eigenvalue weighted by Crippen LogP contribution is -2.31. The fourth-order valence-corrected chi connectivity index (χ4v) is 4.16. The third-order valence-corrected chi connectivity index (χ3v) is 6.76. The molecule has 2 aromatic heterocycles. The van der Waals surface area contributed by atoms with E-state index < -0.39 is 9.84 Å². The largest absolute Gasteiger partial charge is 0.388 e. The number of pyridine rings is 2. The van der Waals surface area contributed by atoms with Crippen LogP contribution in [0.4, 0.5) is 0 Å². The predicted molar refractivity (Wildman–Crippen MR) is 127 cm³/mol. The monoisotopic (exact) mass is 446 g/mol. The van der Waals surface area contributed by atoms with E-state index in [1.54, 1.807) is 30.5 Å². The minimum Gasteiger partial charge on any atom is -0.388 e. The zero-order chi connectivity index (χ0) is 22.7. The van der Waals surface area contributed by atoms with E-state index in [0.717, 1.165) is 35.2 Å². The van der Waals surface area contributed by atoms with Gasteiger partial charge in [0.25, 0.3) is 0 Å². The van der Waals surface area contributed by atoms with Crippen molar-refractivity contribution in [1.82, 2.24) is 15.3 Å². The number of allylic oxidation sites excluding steroid dienone is 1. The van der Waals surface area contributed by atoms with Gasteiger partial charge < -0.3 is 5.32 Å². The summed E-state index contributed by atoms with van der Waals surface area (Å²) in [6, 6.07) is 16.6. The minimum atomic E-state index is -3.25. The lowest BCUT2D eigenvalue weighted by molar-refractivity contribution is 0.373. The highest BCUT2D eigenvalue weighted by atomic mass is 32.2. The Morgan fingerprint density at radius 2 is 1.88 bits per heavy atom. The third kappa shape index (κ3) is 4.94. The van der Waals surface area contributed by atoms with Crippen LogP contribution < -0.4 is 5.32 Å². The molecule has 0 bridgehead atoms. The molecule has 164 valence electrons. The Hall–Kier alpha value is -3.32. The molecule has 0 unspecified atom stereocenters. The van der Waals surface area contributed by atoms with Crippen molar-refractivity contribution >= 4 is 21.1 Å². The van der Waals surface area contributed by atoms with Crippen LogP contribution in [-0.4, -0.2) is 36.4 Å². The molecule has 1 aromatic carbocycles. The Morgan fingerprint density at radius 3 is 2.50 bits per heavy atom. The topological polar surface area (TPSA) is 95.8 Å². The second kappa shape index (κ2) is 9.04. The van der Waals surface area contributed by atoms with Crippen molar-refractivity contribution in [2.24, 2.45) is 0 Å². The summed E-state index contributed by atoms with van der Waals surface area (Å²) in [5, 5.41) is 12.3. The predicted octanol–water partition coefficient (Wildman–Crippen LogP) is 4.41. The highest BCUT2D eigenvalue weighted by molar-refractivity contribution is 7.90. The fraction of sp³-hybridized carbons (Fsp3) is 0.240. The van der Waals surface area contributed by atoms with E-state index in [-0.39, 0.29) is 4.90 Å². The van der Waals surface area contributed by atoms with E-state index in [0.29, 0.717) is 23.1 Å². The number of aromatic nitrogens is 2. The summed E-state index contributed by atoms with van der Waals surface area (Å²) in [5.41, 5.74) is 4.93. The van der Waals surface area contributed by atoms with Crippen molar-refractivity contribution in [3.8, 4) is 11.3 Å². The van der Waals surface area contributed by atoms with Gasteiger partial charge in [0, 0.05) is 41.5 Å². The van der Waals surface area contributed by atoms with Gasteiger partial charge in [0.05, 0.1) is 22.0 Å². The summed E-state index contributed by atoms with van der Waals surface area (Å²) in [7, 11) is -3.25. The van der Waals surface area contributed by atoms with Gasteiger partial charge in [-0.05, 0) is 68.1 Å². The van der Waals surface area contributed by atoms with Gasteiger partial charge in [0.2, 0.25) is 0 Å². The van der Waals surface area contributed by atoms with Crippen LogP contribution in [0.3, 0.4) is 0 Å². The van der Waals surface area contributed by atoms with E-state index in [9.17, 15) is 8.42 Å². The van der Waals surface area contributed by atoms with E-state index in [2.05, 4.69) is 15.3 Å². The zero-order valence-electron chi connectivity index (χ0n) is 18.2. The van der Waals surface area contributed by atoms with E-state index in [4.69, 9.17) is 5.41 Å². The van der Waals surface area contributed by atoms with E-state index in [1.807, 2.05) is 43.5 Å². The molecule has 2 heterocycles. The highest BCUT2D eigenvalue weighted by Crippen LogP contribution is 2.26. The zero-order valence-corrected chi connectivity index (χ0v) is 19.0. The second-order valence-electron chi connectivity index (χ2n) is 8.12.